The van der Waals surface area contributed by atoms with Gasteiger partial charge in [-0.15, -0.1) is 0 Å². The fourth-order valence-corrected chi connectivity index (χ4v) is 3.81. The molecule has 2 atom stereocenters. The Morgan fingerprint density at radius 2 is 1.91 bits per heavy atom. The molecule has 2 unspecified atom stereocenters. The normalized spacial score (nSPS) is 24.4. The molecule has 23 heavy (non-hydrogen) atoms. The van der Waals surface area contributed by atoms with Crippen molar-refractivity contribution < 1.29 is 9.90 Å². The van der Waals surface area contributed by atoms with E-state index in [1.54, 1.807) is 0 Å². The summed E-state index contributed by atoms with van der Waals surface area (Å²) in [6.07, 6.45) is 3.33. The molecule has 1 amide bonds. The molecule has 0 saturated carbocycles. The van der Waals surface area contributed by atoms with Crippen LogP contribution in [0.2, 0.25) is 5.02 Å². The summed E-state index contributed by atoms with van der Waals surface area (Å²) in [5, 5.41) is 14.5. The lowest BCUT2D eigenvalue weighted by Gasteiger charge is -2.37. The van der Waals surface area contributed by atoms with Crippen molar-refractivity contribution in [2.24, 2.45) is 11.8 Å². The molecular formula is C18H25ClN2O2. The molecule has 0 aromatic heterocycles. The summed E-state index contributed by atoms with van der Waals surface area (Å²) < 4.78 is 0. The van der Waals surface area contributed by atoms with Gasteiger partial charge in [0.1, 0.15) is 0 Å². The Hall–Kier alpha value is -1.10. The number of likely N-dealkylation sites (tertiary alicyclic amines) is 1. The molecule has 0 radical (unpaired) electrons. The lowest BCUT2D eigenvalue weighted by atomic mass is 9.86. The first kappa shape index (κ1) is 16.7. The van der Waals surface area contributed by atoms with Gasteiger partial charge in [0.15, 0.2) is 0 Å². The Kier molecular flexibility index (Phi) is 5.57. The molecule has 2 heterocycles. The topological polar surface area (TPSA) is 52.6 Å². The van der Waals surface area contributed by atoms with Crippen LogP contribution in [0.5, 0.6) is 0 Å². The monoisotopic (exact) mass is 336 g/mol. The number of aliphatic hydroxyl groups is 1. The second-order valence-electron chi connectivity index (χ2n) is 6.70. The Bertz CT molecular complexity index is 520. The van der Waals surface area contributed by atoms with Gasteiger partial charge in [0, 0.05) is 24.7 Å². The smallest absolute Gasteiger partial charge is 0.226 e. The highest BCUT2D eigenvalue weighted by molar-refractivity contribution is 6.30. The largest absolute Gasteiger partial charge is 0.388 e. The molecule has 2 saturated heterocycles. The number of hydrogen-bond acceptors (Lipinski definition) is 3. The Balaban J connectivity index is 1.53. The number of carbonyl (C=O) groups excluding carboxylic acids is 1. The van der Waals surface area contributed by atoms with E-state index in [0.29, 0.717) is 5.02 Å². The zero-order valence-electron chi connectivity index (χ0n) is 13.4. The highest BCUT2D eigenvalue weighted by atomic mass is 35.5. The molecule has 126 valence electrons. The van der Waals surface area contributed by atoms with Crippen molar-refractivity contribution >= 4 is 17.5 Å². The summed E-state index contributed by atoms with van der Waals surface area (Å²) >= 11 is 5.90. The third kappa shape index (κ3) is 4.06. The number of halogens is 1. The van der Waals surface area contributed by atoms with Gasteiger partial charge in [-0.1, -0.05) is 23.7 Å². The van der Waals surface area contributed by atoms with E-state index >= 15 is 0 Å². The average Bonchev–Trinajstić information content (AvgIpc) is 2.62. The van der Waals surface area contributed by atoms with Gasteiger partial charge in [0.05, 0.1) is 12.0 Å². The first-order chi connectivity index (χ1) is 11.1. The summed E-state index contributed by atoms with van der Waals surface area (Å²) in [5.74, 6) is 0.642. The number of piperidine rings is 2. The minimum absolute atomic E-state index is 0.140. The van der Waals surface area contributed by atoms with Crippen LogP contribution in [0.25, 0.3) is 0 Å². The van der Waals surface area contributed by atoms with Gasteiger partial charge in [0.25, 0.3) is 0 Å². The Morgan fingerprint density at radius 1 is 1.22 bits per heavy atom. The molecule has 0 aliphatic carbocycles. The number of hydrogen-bond donors (Lipinski definition) is 2. The molecule has 2 N–H and O–H groups in total. The van der Waals surface area contributed by atoms with Crippen LogP contribution >= 0.6 is 11.6 Å². The van der Waals surface area contributed by atoms with Crippen LogP contribution in [-0.4, -0.2) is 42.1 Å². The Labute approximate surface area is 142 Å². The van der Waals surface area contributed by atoms with E-state index in [4.69, 9.17) is 11.6 Å². The lowest BCUT2D eigenvalue weighted by Crippen LogP contribution is -2.46. The van der Waals surface area contributed by atoms with Gasteiger partial charge in [0.2, 0.25) is 5.91 Å². The molecular weight excluding hydrogens is 312 g/mol. The minimum atomic E-state index is -0.471. The second-order valence-corrected chi connectivity index (χ2v) is 7.14. The fraction of sp³-hybridized carbons (Fsp3) is 0.611. The molecule has 0 bridgehead atoms. The molecule has 2 aliphatic heterocycles. The van der Waals surface area contributed by atoms with Gasteiger partial charge >= 0.3 is 0 Å². The van der Waals surface area contributed by atoms with Gasteiger partial charge in [-0.3, -0.25) is 4.79 Å². The summed E-state index contributed by atoms with van der Waals surface area (Å²) in [5.41, 5.74) is 0.913. The van der Waals surface area contributed by atoms with Gasteiger partial charge < -0.3 is 15.3 Å². The third-order valence-electron chi connectivity index (χ3n) is 5.16. The van der Waals surface area contributed by atoms with Crippen molar-refractivity contribution in [3.8, 4) is 0 Å². The van der Waals surface area contributed by atoms with Gasteiger partial charge in [-0.05, 0) is 55.8 Å². The predicted molar refractivity (Wildman–Crippen MR) is 91.3 cm³/mol. The van der Waals surface area contributed by atoms with E-state index in [-0.39, 0.29) is 17.7 Å². The van der Waals surface area contributed by atoms with Crippen LogP contribution in [0.15, 0.2) is 24.3 Å². The highest BCUT2D eigenvalue weighted by Crippen LogP contribution is 2.32. The van der Waals surface area contributed by atoms with Crippen LogP contribution in [-0.2, 0) is 4.79 Å². The van der Waals surface area contributed by atoms with Crippen molar-refractivity contribution in [1.29, 1.82) is 0 Å². The van der Waals surface area contributed by atoms with Crippen molar-refractivity contribution in [3.05, 3.63) is 34.9 Å². The molecule has 4 nitrogen and oxygen atoms in total. The van der Waals surface area contributed by atoms with Crippen LogP contribution in [0, 0.1) is 11.8 Å². The summed E-state index contributed by atoms with van der Waals surface area (Å²) in [6.45, 7) is 3.35. The number of amides is 1. The standard InChI is InChI=1S/C18H25ClN2O2/c19-16-5-3-13(4-6-16)17(22)14-7-10-21(11-8-14)18(23)15-2-1-9-20-12-15/h3-6,14-15,17,20,22H,1-2,7-12H2. The van der Waals surface area contributed by atoms with E-state index in [9.17, 15) is 9.90 Å². The number of rotatable bonds is 3. The molecule has 2 aliphatic rings. The van der Waals surface area contributed by atoms with E-state index in [1.807, 2.05) is 29.2 Å². The van der Waals surface area contributed by atoms with Gasteiger partial charge in [-0.2, -0.15) is 0 Å². The third-order valence-corrected chi connectivity index (χ3v) is 5.41. The maximum Gasteiger partial charge on any atom is 0.226 e. The summed E-state index contributed by atoms with van der Waals surface area (Å²) in [4.78, 5) is 14.5. The van der Waals surface area contributed by atoms with Crippen molar-refractivity contribution in [2.75, 3.05) is 26.2 Å². The van der Waals surface area contributed by atoms with Crippen LogP contribution in [0.4, 0.5) is 0 Å². The number of carbonyl (C=O) groups is 1. The number of nitrogens with one attached hydrogen (secondary N) is 1. The number of nitrogens with zero attached hydrogens (tertiary/aromatic N) is 1. The zero-order chi connectivity index (χ0) is 16.2. The first-order valence-corrected chi connectivity index (χ1v) is 8.96. The number of aliphatic hydroxyl groups excluding tert-OH is 1. The van der Waals surface area contributed by atoms with E-state index in [1.165, 1.54) is 0 Å². The summed E-state index contributed by atoms with van der Waals surface area (Å²) in [7, 11) is 0. The van der Waals surface area contributed by atoms with Crippen molar-refractivity contribution in [3.63, 3.8) is 0 Å². The lowest BCUT2D eigenvalue weighted by molar-refractivity contribution is -0.138. The molecule has 5 heteroatoms. The summed E-state index contributed by atoms with van der Waals surface area (Å²) in [6, 6.07) is 7.40. The highest BCUT2D eigenvalue weighted by Gasteiger charge is 2.31. The SMILES string of the molecule is O=C(C1CCCNC1)N1CCC(C(O)c2ccc(Cl)cc2)CC1. The Morgan fingerprint density at radius 3 is 2.52 bits per heavy atom. The predicted octanol–water partition coefficient (Wildman–Crippen LogP) is 2.61. The average molecular weight is 337 g/mol. The second kappa shape index (κ2) is 7.65. The van der Waals surface area contributed by atoms with Crippen LogP contribution in [0.3, 0.4) is 0 Å². The van der Waals surface area contributed by atoms with Crippen LogP contribution in [0.1, 0.15) is 37.4 Å². The van der Waals surface area contributed by atoms with E-state index < -0.39 is 6.10 Å². The molecule has 1 aromatic rings. The van der Waals surface area contributed by atoms with Crippen molar-refractivity contribution in [1.82, 2.24) is 10.2 Å². The molecule has 1 aromatic carbocycles. The maximum absolute atomic E-state index is 12.5. The molecule has 0 spiro atoms. The zero-order valence-corrected chi connectivity index (χ0v) is 14.1. The van der Waals surface area contributed by atoms with Crippen molar-refractivity contribution in [2.45, 2.75) is 31.8 Å². The minimum Gasteiger partial charge on any atom is -0.388 e. The van der Waals surface area contributed by atoms with Gasteiger partial charge in [-0.25, -0.2) is 0 Å². The maximum atomic E-state index is 12.5. The first-order valence-electron chi connectivity index (χ1n) is 8.58. The molecule has 3 rings (SSSR count). The van der Waals surface area contributed by atoms with Crippen LogP contribution < -0.4 is 5.32 Å². The quantitative estimate of drug-likeness (QED) is 0.892. The number of benzene rings is 1. The fourth-order valence-electron chi connectivity index (χ4n) is 3.69. The van der Waals surface area contributed by atoms with E-state index in [2.05, 4.69) is 5.32 Å². The molecule has 2 fully saturated rings. The van der Waals surface area contributed by atoms with E-state index in [0.717, 1.165) is 57.4 Å².